The lowest BCUT2D eigenvalue weighted by atomic mass is 10.1. The molecule has 3 rings (SSSR count). The second-order valence-corrected chi connectivity index (χ2v) is 7.65. The van der Waals surface area contributed by atoms with Gasteiger partial charge in [0.05, 0.1) is 16.5 Å². The number of carbonyl (C=O) groups excluding carboxylic acids is 1. The average molecular weight is 340 g/mol. The molecule has 1 amide bonds. The second kappa shape index (κ2) is 6.10. The summed E-state index contributed by atoms with van der Waals surface area (Å²) in [6.45, 7) is 1.98. The van der Waals surface area contributed by atoms with E-state index in [0.29, 0.717) is 12.0 Å². The smallest absolute Gasteiger partial charge is 0.264 e. The van der Waals surface area contributed by atoms with E-state index in [1.54, 1.807) is 0 Å². The predicted molar refractivity (Wildman–Crippen MR) is 88.5 cm³/mol. The molecule has 0 unspecified atom stereocenters. The van der Waals surface area contributed by atoms with Crippen molar-refractivity contribution in [2.45, 2.75) is 24.2 Å². The van der Waals surface area contributed by atoms with Gasteiger partial charge in [-0.25, -0.2) is 13.1 Å². The number of amides is 1. The topological polar surface area (TPSA) is 87.0 Å². The van der Waals surface area contributed by atoms with Crippen LogP contribution in [0.25, 0.3) is 0 Å². The van der Waals surface area contributed by atoms with Crippen LogP contribution in [0.3, 0.4) is 0 Å². The summed E-state index contributed by atoms with van der Waals surface area (Å²) in [5.41, 5.74) is 2.54. The molecule has 1 aliphatic rings. The number of sulfonamides is 1. The largest absolute Gasteiger partial charge is 0.274 e. The number of nitrogens with zero attached hydrogens (tertiary/aromatic N) is 1. The summed E-state index contributed by atoms with van der Waals surface area (Å²) in [6, 6.07) is 15.3. The summed E-state index contributed by atoms with van der Waals surface area (Å²) in [5, 5.41) is 8.75. The Balaban J connectivity index is 1.70. The van der Waals surface area contributed by atoms with Gasteiger partial charge in [0.15, 0.2) is 0 Å². The van der Waals surface area contributed by atoms with Gasteiger partial charge in [0.25, 0.3) is 10.0 Å². The molecule has 6 heteroatoms. The number of hydrogen-bond acceptors (Lipinski definition) is 4. The maximum atomic E-state index is 12.3. The molecule has 122 valence electrons. The lowest BCUT2D eigenvalue weighted by molar-refractivity contribution is -0.120. The van der Waals surface area contributed by atoms with E-state index in [2.05, 4.69) is 4.72 Å². The van der Waals surface area contributed by atoms with E-state index in [1.807, 2.05) is 37.3 Å². The van der Waals surface area contributed by atoms with E-state index >= 15 is 0 Å². The van der Waals surface area contributed by atoms with Crippen molar-refractivity contribution in [1.82, 2.24) is 4.72 Å². The van der Waals surface area contributed by atoms with Crippen molar-refractivity contribution in [3.8, 4) is 6.07 Å². The SMILES string of the molecule is Cc1cccc([C@@H]2C[C@@H]2C(=O)NS(=O)(=O)c2ccc(C#N)cc2)c1. The fourth-order valence-electron chi connectivity index (χ4n) is 2.73. The van der Waals surface area contributed by atoms with Gasteiger partial charge in [-0.1, -0.05) is 29.8 Å². The summed E-state index contributed by atoms with van der Waals surface area (Å²) >= 11 is 0. The highest BCUT2D eigenvalue weighted by Crippen LogP contribution is 2.47. The molecule has 1 saturated carbocycles. The standard InChI is InChI=1S/C18H16N2O3S/c1-12-3-2-4-14(9-12)16-10-17(16)18(21)20-24(22,23)15-7-5-13(11-19)6-8-15/h2-9,16-17H,10H2,1H3,(H,20,21)/t16-,17-/m0/s1. The van der Waals surface area contributed by atoms with Crippen molar-refractivity contribution < 1.29 is 13.2 Å². The molecule has 0 spiro atoms. The first-order chi connectivity index (χ1) is 11.4. The van der Waals surface area contributed by atoms with Crippen molar-refractivity contribution in [3.63, 3.8) is 0 Å². The number of benzene rings is 2. The van der Waals surface area contributed by atoms with Crippen LogP contribution in [0, 0.1) is 24.2 Å². The second-order valence-electron chi connectivity index (χ2n) is 5.97. The van der Waals surface area contributed by atoms with Crippen LogP contribution >= 0.6 is 0 Å². The number of rotatable bonds is 4. The molecule has 2 atom stereocenters. The minimum atomic E-state index is -3.91. The fourth-order valence-corrected chi connectivity index (χ4v) is 3.76. The van der Waals surface area contributed by atoms with Crippen LogP contribution in [0.2, 0.25) is 0 Å². The van der Waals surface area contributed by atoms with Crippen molar-refractivity contribution in [2.24, 2.45) is 5.92 Å². The average Bonchev–Trinajstić information content (AvgIpc) is 3.35. The number of nitrogens with one attached hydrogen (secondary N) is 1. The van der Waals surface area contributed by atoms with E-state index in [0.717, 1.165) is 11.1 Å². The molecule has 1 N–H and O–H groups in total. The Morgan fingerprint density at radius 1 is 1.21 bits per heavy atom. The Kier molecular flexibility index (Phi) is 4.12. The molecule has 0 radical (unpaired) electrons. The van der Waals surface area contributed by atoms with Gasteiger partial charge in [0.1, 0.15) is 0 Å². The van der Waals surface area contributed by atoms with Gasteiger partial charge >= 0.3 is 0 Å². The zero-order chi connectivity index (χ0) is 17.3. The van der Waals surface area contributed by atoms with Crippen molar-refractivity contribution >= 4 is 15.9 Å². The maximum absolute atomic E-state index is 12.3. The van der Waals surface area contributed by atoms with Crippen molar-refractivity contribution in [1.29, 1.82) is 5.26 Å². The molecule has 1 fully saturated rings. The Bertz CT molecular complexity index is 927. The first-order valence-electron chi connectivity index (χ1n) is 7.54. The Labute approximate surface area is 141 Å². The highest BCUT2D eigenvalue weighted by atomic mass is 32.2. The van der Waals surface area contributed by atoms with Crippen molar-refractivity contribution in [3.05, 3.63) is 65.2 Å². The lowest BCUT2D eigenvalue weighted by Crippen LogP contribution is -2.32. The summed E-state index contributed by atoms with van der Waals surface area (Å²) in [7, 11) is -3.91. The van der Waals surface area contributed by atoms with Gasteiger partial charge in [-0.3, -0.25) is 4.79 Å². The molecule has 5 nitrogen and oxygen atoms in total. The van der Waals surface area contributed by atoms with Gasteiger partial charge < -0.3 is 0 Å². The number of nitriles is 1. The van der Waals surface area contributed by atoms with Gasteiger partial charge in [0, 0.05) is 5.92 Å². The minimum absolute atomic E-state index is 0.0254. The molecule has 1 aliphatic carbocycles. The molecular formula is C18H16N2O3S. The van der Waals surface area contributed by atoms with Gasteiger partial charge in [0.2, 0.25) is 5.91 Å². The summed E-state index contributed by atoms with van der Waals surface area (Å²) in [5.74, 6) is -0.730. The van der Waals surface area contributed by atoms with E-state index in [-0.39, 0.29) is 16.7 Å². The zero-order valence-electron chi connectivity index (χ0n) is 13.1. The van der Waals surface area contributed by atoms with E-state index < -0.39 is 15.9 Å². The molecule has 0 bridgehead atoms. The van der Waals surface area contributed by atoms with Crippen LogP contribution in [0.15, 0.2) is 53.4 Å². The third kappa shape index (κ3) is 3.31. The maximum Gasteiger partial charge on any atom is 0.264 e. The van der Waals surface area contributed by atoms with E-state index in [4.69, 9.17) is 5.26 Å². The molecule has 24 heavy (non-hydrogen) atoms. The predicted octanol–water partition coefficient (Wildman–Crippen LogP) is 2.48. The Hall–Kier alpha value is -2.65. The minimum Gasteiger partial charge on any atom is -0.274 e. The number of carbonyl (C=O) groups is 1. The van der Waals surface area contributed by atoms with Crippen LogP contribution in [-0.4, -0.2) is 14.3 Å². The number of hydrogen-bond donors (Lipinski definition) is 1. The van der Waals surface area contributed by atoms with Gasteiger partial charge in [-0.2, -0.15) is 5.26 Å². The number of aryl methyl sites for hydroxylation is 1. The highest BCUT2D eigenvalue weighted by molar-refractivity contribution is 7.90. The molecule has 2 aromatic rings. The summed E-state index contributed by atoms with van der Waals surface area (Å²) in [6.07, 6.45) is 0.651. The third-order valence-corrected chi connectivity index (χ3v) is 5.49. The monoisotopic (exact) mass is 340 g/mol. The first kappa shape index (κ1) is 16.2. The first-order valence-corrected chi connectivity index (χ1v) is 9.02. The zero-order valence-corrected chi connectivity index (χ0v) is 13.9. The summed E-state index contributed by atoms with van der Waals surface area (Å²) in [4.78, 5) is 12.2. The van der Waals surface area contributed by atoms with Crippen LogP contribution in [0.5, 0.6) is 0 Å². The van der Waals surface area contributed by atoms with Crippen LogP contribution in [0.4, 0.5) is 0 Å². The highest BCUT2D eigenvalue weighted by Gasteiger charge is 2.45. The van der Waals surface area contributed by atoms with Gasteiger partial charge in [-0.15, -0.1) is 0 Å². The van der Waals surface area contributed by atoms with E-state index in [1.165, 1.54) is 24.3 Å². The molecule has 2 aromatic carbocycles. The molecular weight excluding hydrogens is 324 g/mol. The third-order valence-electron chi connectivity index (χ3n) is 4.13. The van der Waals surface area contributed by atoms with Crippen LogP contribution in [0.1, 0.15) is 29.0 Å². The lowest BCUT2D eigenvalue weighted by Gasteiger charge is -2.07. The van der Waals surface area contributed by atoms with Crippen LogP contribution in [-0.2, 0) is 14.8 Å². The molecule has 0 heterocycles. The van der Waals surface area contributed by atoms with Gasteiger partial charge in [-0.05, 0) is 49.1 Å². The van der Waals surface area contributed by atoms with Crippen LogP contribution < -0.4 is 4.72 Å². The molecule has 0 aromatic heterocycles. The normalized spacial score (nSPS) is 19.3. The van der Waals surface area contributed by atoms with E-state index in [9.17, 15) is 13.2 Å². The quantitative estimate of drug-likeness (QED) is 0.926. The Morgan fingerprint density at radius 3 is 2.54 bits per heavy atom. The molecule has 0 saturated heterocycles. The van der Waals surface area contributed by atoms with Crippen molar-refractivity contribution in [2.75, 3.05) is 0 Å². The fraction of sp³-hybridized carbons (Fsp3) is 0.222. The Morgan fingerprint density at radius 2 is 1.92 bits per heavy atom. The summed E-state index contributed by atoms with van der Waals surface area (Å²) < 4.78 is 26.7. The molecule has 0 aliphatic heterocycles.